The third-order valence-corrected chi connectivity index (χ3v) is 5.60. The van der Waals surface area contributed by atoms with E-state index in [1.54, 1.807) is 4.90 Å². The van der Waals surface area contributed by atoms with Crippen molar-refractivity contribution in [3.8, 4) is 6.07 Å². The topological polar surface area (TPSA) is 144 Å². The third-order valence-electron chi connectivity index (χ3n) is 5.60. The highest BCUT2D eigenvalue weighted by Crippen LogP contribution is 2.28. The molecule has 0 bridgehead atoms. The average Bonchev–Trinajstić information content (AvgIpc) is 3.16. The van der Waals surface area contributed by atoms with Gasteiger partial charge in [-0.15, -0.1) is 0 Å². The molecule has 2 aliphatic heterocycles. The highest BCUT2D eigenvalue weighted by Gasteiger charge is 2.29. The minimum Gasteiger partial charge on any atom is -0.481 e. The van der Waals surface area contributed by atoms with Gasteiger partial charge < -0.3 is 20.2 Å². The normalized spacial score (nSPS) is 16.8. The van der Waals surface area contributed by atoms with Crippen LogP contribution in [0.1, 0.15) is 54.2 Å². The van der Waals surface area contributed by atoms with Crippen LogP contribution in [0.4, 0.5) is 5.82 Å². The number of likely N-dealkylation sites (tertiary alicyclic amines) is 1. The highest BCUT2D eigenvalue weighted by molar-refractivity contribution is 5.98. The number of nitriles is 1. The number of pyridine rings is 1. The molecule has 2 N–H and O–H groups in total. The minimum atomic E-state index is -0.834. The summed E-state index contributed by atoms with van der Waals surface area (Å²) >= 11 is 0. The zero-order valence-corrected chi connectivity index (χ0v) is 17.4. The number of carboxylic acids is 1. The van der Waals surface area contributed by atoms with Gasteiger partial charge in [0.15, 0.2) is 0 Å². The monoisotopic (exact) mass is 427 g/mol. The Balaban J connectivity index is 1.94. The zero-order chi connectivity index (χ0) is 22.5. The van der Waals surface area contributed by atoms with Gasteiger partial charge >= 0.3 is 5.97 Å². The first-order valence-corrected chi connectivity index (χ1v) is 10.3. The fourth-order valence-corrected chi connectivity index (χ4v) is 3.87. The first-order chi connectivity index (χ1) is 14.8. The average molecular weight is 427 g/mol. The van der Waals surface area contributed by atoms with Gasteiger partial charge in [0.25, 0.3) is 5.91 Å². The van der Waals surface area contributed by atoms with E-state index in [0.717, 1.165) is 6.42 Å². The van der Waals surface area contributed by atoms with Gasteiger partial charge in [-0.25, -0.2) is 4.98 Å². The Hall–Kier alpha value is -3.48. The number of amides is 2. The Morgan fingerprint density at radius 3 is 2.55 bits per heavy atom. The van der Waals surface area contributed by atoms with Crippen LogP contribution in [0.2, 0.25) is 0 Å². The van der Waals surface area contributed by atoms with Crippen LogP contribution in [0.15, 0.2) is 6.07 Å². The third kappa shape index (κ3) is 5.17. The smallest absolute Gasteiger partial charge is 0.306 e. The number of hydrogen-bond acceptors (Lipinski definition) is 7. The molecule has 0 atom stereocenters. The fraction of sp³-hybridized carbons (Fsp3) is 0.524. The second-order valence-corrected chi connectivity index (χ2v) is 7.87. The Morgan fingerprint density at radius 1 is 1.29 bits per heavy atom. The number of piperidine rings is 1. The Bertz CT molecular complexity index is 946. The molecule has 0 aromatic carbocycles. The van der Waals surface area contributed by atoms with Crippen molar-refractivity contribution >= 4 is 29.4 Å². The summed E-state index contributed by atoms with van der Waals surface area (Å²) in [7, 11) is 0. The molecule has 2 saturated heterocycles. The van der Waals surface area contributed by atoms with E-state index in [1.165, 1.54) is 13.0 Å². The molecule has 0 spiro atoms. The maximum absolute atomic E-state index is 12.7. The Kier molecular flexibility index (Phi) is 6.84. The number of aromatic nitrogens is 1. The molecule has 31 heavy (non-hydrogen) atoms. The SMILES string of the molecule is CC(=O)CNC(=O)c1cc(C#N)c(N2CCC(C(=O)O)CC2)nc1CN1CCCC1=O. The van der Waals surface area contributed by atoms with E-state index in [1.807, 2.05) is 4.90 Å². The molecule has 3 rings (SSSR count). The number of Topliss-reactive ketones (excluding diaryl/α,β-unsaturated/α-hetero) is 1. The van der Waals surface area contributed by atoms with Gasteiger partial charge in [-0.1, -0.05) is 0 Å². The summed E-state index contributed by atoms with van der Waals surface area (Å²) < 4.78 is 0. The lowest BCUT2D eigenvalue weighted by molar-refractivity contribution is -0.142. The number of anilines is 1. The van der Waals surface area contributed by atoms with Crippen molar-refractivity contribution in [3.05, 3.63) is 22.9 Å². The van der Waals surface area contributed by atoms with Crippen LogP contribution in [0, 0.1) is 17.2 Å². The van der Waals surface area contributed by atoms with Crippen LogP contribution in [0.25, 0.3) is 0 Å². The lowest BCUT2D eigenvalue weighted by atomic mass is 9.96. The molecule has 0 radical (unpaired) electrons. The van der Waals surface area contributed by atoms with Crippen LogP contribution < -0.4 is 10.2 Å². The summed E-state index contributed by atoms with van der Waals surface area (Å²) in [5.41, 5.74) is 0.700. The summed E-state index contributed by atoms with van der Waals surface area (Å²) in [6.45, 7) is 2.76. The maximum atomic E-state index is 12.7. The molecule has 1 aromatic rings. The van der Waals surface area contributed by atoms with Crippen LogP contribution in [-0.2, 0) is 20.9 Å². The van der Waals surface area contributed by atoms with E-state index in [4.69, 9.17) is 0 Å². The number of hydrogen-bond donors (Lipinski definition) is 2. The van der Waals surface area contributed by atoms with E-state index in [-0.39, 0.29) is 35.9 Å². The number of ketones is 1. The van der Waals surface area contributed by atoms with Crippen molar-refractivity contribution < 1.29 is 24.3 Å². The number of carbonyl (C=O) groups is 4. The van der Waals surface area contributed by atoms with Gasteiger partial charge in [0.1, 0.15) is 17.7 Å². The van der Waals surface area contributed by atoms with E-state index in [0.29, 0.717) is 50.4 Å². The van der Waals surface area contributed by atoms with E-state index < -0.39 is 17.8 Å². The number of carboxylic acid groups (broad SMARTS) is 1. The number of aliphatic carboxylic acids is 1. The molecule has 10 nitrogen and oxygen atoms in total. The predicted molar refractivity (Wildman–Crippen MR) is 109 cm³/mol. The number of carbonyl (C=O) groups excluding carboxylic acids is 3. The van der Waals surface area contributed by atoms with Gasteiger partial charge in [0, 0.05) is 26.1 Å². The molecule has 10 heteroatoms. The molecular formula is C21H25N5O5. The molecule has 3 heterocycles. The summed E-state index contributed by atoms with van der Waals surface area (Å²) in [5.74, 6) is -1.65. The van der Waals surface area contributed by atoms with E-state index >= 15 is 0 Å². The Morgan fingerprint density at radius 2 is 2.00 bits per heavy atom. The van der Waals surface area contributed by atoms with E-state index in [2.05, 4.69) is 16.4 Å². The molecule has 164 valence electrons. The van der Waals surface area contributed by atoms with Crippen LogP contribution in [0.5, 0.6) is 0 Å². The van der Waals surface area contributed by atoms with Crippen LogP contribution in [0.3, 0.4) is 0 Å². The largest absolute Gasteiger partial charge is 0.481 e. The Labute approximate surface area is 179 Å². The summed E-state index contributed by atoms with van der Waals surface area (Å²) in [5, 5.41) is 21.4. The lowest BCUT2D eigenvalue weighted by Crippen LogP contribution is -2.38. The molecule has 2 aliphatic rings. The first-order valence-electron chi connectivity index (χ1n) is 10.3. The van der Waals surface area contributed by atoms with Gasteiger partial charge in [0.05, 0.1) is 35.8 Å². The molecule has 2 amide bonds. The maximum Gasteiger partial charge on any atom is 0.306 e. The van der Waals surface area contributed by atoms with Crippen LogP contribution in [-0.4, -0.2) is 64.7 Å². The van der Waals surface area contributed by atoms with Crippen molar-refractivity contribution in [3.63, 3.8) is 0 Å². The van der Waals surface area contributed by atoms with Gasteiger partial charge in [-0.3, -0.25) is 19.2 Å². The first kappa shape index (κ1) is 22.2. The van der Waals surface area contributed by atoms with Gasteiger partial charge in [0.2, 0.25) is 5.91 Å². The van der Waals surface area contributed by atoms with Crippen molar-refractivity contribution in [1.29, 1.82) is 5.26 Å². The number of nitrogens with one attached hydrogen (secondary N) is 1. The molecule has 1 aromatic heterocycles. The number of nitrogens with zero attached hydrogens (tertiary/aromatic N) is 4. The summed E-state index contributed by atoms with van der Waals surface area (Å²) in [6.07, 6.45) is 2.04. The molecule has 0 aliphatic carbocycles. The van der Waals surface area contributed by atoms with Crippen molar-refractivity contribution in [2.24, 2.45) is 5.92 Å². The zero-order valence-electron chi connectivity index (χ0n) is 17.4. The lowest BCUT2D eigenvalue weighted by Gasteiger charge is -2.32. The number of rotatable bonds is 7. The molecule has 2 fully saturated rings. The highest BCUT2D eigenvalue weighted by atomic mass is 16.4. The van der Waals surface area contributed by atoms with Crippen molar-refractivity contribution in [1.82, 2.24) is 15.2 Å². The molecule has 0 unspecified atom stereocenters. The van der Waals surface area contributed by atoms with Gasteiger partial charge in [-0.2, -0.15) is 5.26 Å². The minimum absolute atomic E-state index is 0.0231. The second-order valence-electron chi connectivity index (χ2n) is 7.87. The van der Waals surface area contributed by atoms with E-state index in [9.17, 15) is 29.5 Å². The predicted octanol–water partition coefficient (Wildman–Crippen LogP) is 0.695. The molecule has 0 saturated carbocycles. The fourth-order valence-electron chi connectivity index (χ4n) is 3.87. The van der Waals surface area contributed by atoms with Crippen LogP contribution >= 0.6 is 0 Å². The quantitative estimate of drug-likeness (QED) is 0.647. The molecular weight excluding hydrogens is 402 g/mol. The summed E-state index contributed by atoms with van der Waals surface area (Å²) in [4.78, 5) is 55.4. The van der Waals surface area contributed by atoms with Crippen molar-refractivity contribution in [2.75, 3.05) is 31.1 Å². The van der Waals surface area contributed by atoms with Crippen molar-refractivity contribution in [2.45, 2.75) is 39.2 Å². The second kappa shape index (κ2) is 9.55. The standard InChI is InChI=1S/C21H25N5O5/c1-13(27)11-23-20(29)16-9-15(10-22)19(25-7-4-14(5-8-25)21(30)31)24-17(16)12-26-6-2-3-18(26)28/h9,14H,2-8,11-12H2,1H3,(H,23,29)(H,30,31). The summed E-state index contributed by atoms with van der Waals surface area (Å²) in [6, 6.07) is 3.51. The van der Waals surface area contributed by atoms with Gasteiger partial charge in [-0.05, 0) is 32.3 Å².